The summed E-state index contributed by atoms with van der Waals surface area (Å²) in [7, 11) is 6.17. The molecule has 5 aliphatic heterocycles. The molecule has 1 aliphatic carbocycles. The Bertz CT molecular complexity index is 2690. The van der Waals surface area contributed by atoms with Crippen molar-refractivity contribution in [3.8, 4) is 5.75 Å². The van der Waals surface area contributed by atoms with Gasteiger partial charge in [-0.2, -0.15) is 0 Å². The van der Waals surface area contributed by atoms with Crippen LogP contribution in [0.2, 0.25) is 0 Å². The number of nitrogens with one attached hydrogen (secondary N) is 2. The lowest BCUT2D eigenvalue weighted by Gasteiger charge is -2.63. The first-order valence-corrected chi connectivity index (χ1v) is 23.9. The molecule has 3 N–H and O–H groups in total. The number of esters is 3. The number of aromatic amines is 1. The van der Waals surface area contributed by atoms with E-state index in [1.54, 1.807) is 7.11 Å². The van der Waals surface area contributed by atoms with E-state index < -0.39 is 57.4 Å². The van der Waals surface area contributed by atoms with Crippen molar-refractivity contribution in [2.45, 2.75) is 99.5 Å². The van der Waals surface area contributed by atoms with Gasteiger partial charge in [0.15, 0.2) is 6.10 Å². The van der Waals surface area contributed by atoms with Crippen LogP contribution in [0.15, 0.2) is 78.9 Å². The molecule has 2 saturated heterocycles. The Balaban J connectivity index is 1.23. The third-order valence-electron chi connectivity index (χ3n) is 17.1. The first kappa shape index (κ1) is 45.1. The maximum atomic E-state index is 15.7. The molecule has 6 aliphatic rings. The zero-order valence-electron chi connectivity index (χ0n) is 39.6. The summed E-state index contributed by atoms with van der Waals surface area (Å²) in [6.07, 6.45) is 6.05. The highest BCUT2D eigenvalue weighted by atomic mass is 16.6. The number of nitrogens with zero attached hydrogens (tertiary/aromatic N) is 3. The number of ether oxygens (including phenoxy) is 4. The molecule has 67 heavy (non-hydrogen) atoms. The second kappa shape index (κ2) is 16.2. The van der Waals surface area contributed by atoms with Crippen LogP contribution in [-0.4, -0.2) is 134 Å². The lowest BCUT2D eigenvalue weighted by atomic mass is 9.47. The number of carbonyl (C=O) groups excluding carboxylic acids is 4. The Morgan fingerprint density at radius 1 is 0.896 bits per heavy atom. The van der Waals surface area contributed by atoms with Crippen molar-refractivity contribution in [2.24, 2.45) is 11.3 Å². The summed E-state index contributed by atoms with van der Waals surface area (Å²) in [5.74, 6) is -1.75. The molecular formula is C53H63N5O9. The van der Waals surface area contributed by atoms with Crippen molar-refractivity contribution in [1.29, 1.82) is 0 Å². The van der Waals surface area contributed by atoms with E-state index in [0.29, 0.717) is 88.1 Å². The number of benzene rings is 3. The highest BCUT2D eigenvalue weighted by Gasteiger charge is 2.80. The number of amides is 1. The van der Waals surface area contributed by atoms with Crippen molar-refractivity contribution < 1.29 is 43.2 Å². The third kappa shape index (κ3) is 6.24. The topological polar surface area (TPSA) is 163 Å². The van der Waals surface area contributed by atoms with Crippen molar-refractivity contribution in [1.82, 2.24) is 20.1 Å². The largest absolute Gasteiger partial charge is 0.496 e. The summed E-state index contributed by atoms with van der Waals surface area (Å²) in [5, 5.41) is 18.0. The van der Waals surface area contributed by atoms with Crippen molar-refractivity contribution in [2.75, 3.05) is 66.0 Å². The molecule has 1 aromatic heterocycles. The maximum absolute atomic E-state index is 15.7. The van der Waals surface area contributed by atoms with Crippen LogP contribution in [0, 0.1) is 11.3 Å². The fourth-order valence-corrected chi connectivity index (χ4v) is 14.6. The van der Waals surface area contributed by atoms with Crippen molar-refractivity contribution in [3.63, 3.8) is 0 Å². The highest BCUT2D eigenvalue weighted by Crippen LogP contribution is 2.68. The SMILES string of the molecule is CC[C@]1(NC(=O)c2ccccc2)C[C@H]2CN(CCc3c([nH]c4ccccc34)[C@@](C(=O)OC)(c3cc4c(cc3OC)N(C)[C@H]3[C@@](O)(C(=O)OC)[C@H](OC(C)=O)[C@]5(CC)C=CCN6CC[C@]43[C@@H]65)C2)C1. The number of methoxy groups -OCH3 is 3. The van der Waals surface area contributed by atoms with Gasteiger partial charge in [-0.1, -0.05) is 62.4 Å². The van der Waals surface area contributed by atoms with Crippen LogP contribution in [-0.2, 0) is 45.8 Å². The van der Waals surface area contributed by atoms with Crippen LogP contribution < -0.4 is 15.0 Å². The minimum Gasteiger partial charge on any atom is -0.496 e. The normalized spacial score (nSPS) is 33.8. The monoisotopic (exact) mass is 913 g/mol. The Labute approximate surface area is 391 Å². The van der Waals surface area contributed by atoms with E-state index in [0.717, 1.165) is 33.4 Å². The van der Waals surface area contributed by atoms with Gasteiger partial charge in [-0.05, 0) is 86.4 Å². The summed E-state index contributed by atoms with van der Waals surface area (Å²) < 4.78 is 24.2. The van der Waals surface area contributed by atoms with E-state index in [4.69, 9.17) is 18.9 Å². The van der Waals surface area contributed by atoms with E-state index in [1.807, 2.05) is 73.5 Å². The van der Waals surface area contributed by atoms with Gasteiger partial charge in [-0.3, -0.25) is 19.3 Å². The number of anilines is 1. The fourth-order valence-electron chi connectivity index (χ4n) is 14.6. The number of fused-ring (bicyclic) bond motifs is 6. The Kier molecular flexibility index (Phi) is 10.9. The van der Waals surface area contributed by atoms with Gasteiger partial charge in [0.2, 0.25) is 5.60 Å². The van der Waals surface area contributed by atoms with E-state index in [-0.39, 0.29) is 17.9 Å². The van der Waals surface area contributed by atoms with E-state index in [1.165, 1.54) is 21.1 Å². The molecule has 14 heteroatoms. The molecule has 10 atom stereocenters. The molecule has 1 spiro atoms. The number of aromatic nitrogens is 1. The van der Waals surface area contributed by atoms with Gasteiger partial charge < -0.3 is 44.2 Å². The van der Waals surface area contributed by atoms with Crippen molar-refractivity contribution >= 4 is 40.4 Å². The van der Waals surface area contributed by atoms with E-state index in [9.17, 15) is 19.5 Å². The minimum absolute atomic E-state index is 0.116. The van der Waals surface area contributed by atoms with Gasteiger partial charge >= 0.3 is 17.9 Å². The molecule has 10 rings (SSSR count). The quantitative estimate of drug-likeness (QED) is 0.111. The van der Waals surface area contributed by atoms with Crippen LogP contribution in [0.25, 0.3) is 10.9 Å². The van der Waals surface area contributed by atoms with E-state index >= 15 is 4.79 Å². The molecule has 2 bridgehead atoms. The fraction of sp³-hybridized carbons (Fsp3) is 0.509. The van der Waals surface area contributed by atoms with Gasteiger partial charge in [0.1, 0.15) is 11.2 Å². The predicted molar refractivity (Wildman–Crippen MR) is 252 cm³/mol. The number of para-hydroxylation sites is 1. The summed E-state index contributed by atoms with van der Waals surface area (Å²) >= 11 is 0. The molecule has 6 heterocycles. The molecule has 3 aromatic carbocycles. The molecular weight excluding hydrogens is 851 g/mol. The third-order valence-corrected chi connectivity index (χ3v) is 17.1. The first-order valence-electron chi connectivity index (χ1n) is 23.9. The van der Waals surface area contributed by atoms with Gasteiger partial charge in [0.25, 0.3) is 5.91 Å². The molecule has 4 aromatic rings. The smallest absolute Gasteiger partial charge is 0.344 e. The number of H-pyrrole nitrogens is 1. The van der Waals surface area contributed by atoms with Gasteiger partial charge in [-0.25, -0.2) is 4.79 Å². The minimum atomic E-state index is -2.33. The second-order valence-corrected chi connectivity index (χ2v) is 20.1. The van der Waals surface area contributed by atoms with Crippen LogP contribution >= 0.6 is 0 Å². The first-order chi connectivity index (χ1) is 32.2. The number of piperidine rings is 1. The van der Waals surface area contributed by atoms with Gasteiger partial charge in [0, 0.05) is 96.5 Å². The van der Waals surface area contributed by atoms with Crippen molar-refractivity contribution in [3.05, 3.63) is 107 Å². The van der Waals surface area contributed by atoms with Crippen LogP contribution in [0.1, 0.15) is 85.6 Å². The second-order valence-electron chi connectivity index (χ2n) is 20.1. The van der Waals surface area contributed by atoms with Crippen LogP contribution in [0.5, 0.6) is 5.75 Å². The van der Waals surface area contributed by atoms with Crippen LogP contribution in [0.4, 0.5) is 5.69 Å². The Morgan fingerprint density at radius 3 is 2.34 bits per heavy atom. The zero-order chi connectivity index (χ0) is 47.3. The number of rotatable bonds is 9. The molecule has 1 amide bonds. The average Bonchev–Trinajstić information content (AvgIpc) is 4.00. The summed E-state index contributed by atoms with van der Waals surface area (Å²) in [6.45, 7) is 8.77. The van der Waals surface area contributed by atoms with Gasteiger partial charge in [0.05, 0.1) is 32.9 Å². The molecule has 3 fully saturated rings. The predicted octanol–water partition coefficient (Wildman–Crippen LogP) is 5.43. The molecule has 1 saturated carbocycles. The van der Waals surface area contributed by atoms with E-state index in [2.05, 4.69) is 51.3 Å². The number of hydrogen-bond donors (Lipinski definition) is 3. The summed E-state index contributed by atoms with van der Waals surface area (Å²) in [4.78, 5) is 67.9. The highest BCUT2D eigenvalue weighted by molar-refractivity contribution is 5.96. The number of hydrogen-bond acceptors (Lipinski definition) is 12. The Hall–Kier alpha value is -5.70. The summed E-state index contributed by atoms with van der Waals surface area (Å²) in [5.41, 5.74) is -0.892. The average molecular weight is 914 g/mol. The number of likely N-dealkylation sites (N-methyl/N-ethyl adjacent to an activating group) is 1. The zero-order valence-corrected chi connectivity index (χ0v) is 39.6. The molecule has 0 radical (unpaired) electrons. The standard InChI is InChI=1S/C53H63N5O9/c1-8-49(55-43(60)34-16-11-10-12-17-34)28-33-29-52(47(61)65-6,42-36(20-24-57(30-33)31-49)35-18-13-14-19-39(35)54-42)38-26-37-40(27-41(38)64-5)56(4)45-51(37)22-25-58-23-15-21-50(9-2,44(51)58)46(67-32(3)59)53(45,63)48(62)66-7/h10-19,21,26-27,33,44-46,54,63H,8-9,20,22-25,28-31H2,1-7H3,(H,55,60)/t33-,44+,45-,46-,49+,50-,51-,52+,53+/m1/s1. The lowest BCUT2D eigenvalue weighted by molar-refractivity contribution is -0.228. The maximum Gasteiger partial charge on any atom is 0.344 e. The lowest BCUT2D eigenvalue weighted by Crippen LogP contribution is -2.81. The number of aliphatic hydroxyl groups is 1. The molecule has 14 nitrogen and oxygen atoms in total. The molecule has 1 unspecified atom stereocenters. The molecule has 354 valence electrons. The summed E-state index contributed by atoms with van der Waals surface area (Å²) in [6, 6.07) is 20.3. The Morgan fingerprint density at radius 2 is 1.64 bits per heavy atom. The van der Waals surface area contributed by atoms with Gasteiger partial charge in [-0.15, -0.1) is 0 Å². The van der Waals surface area contributed by atoms with Crippen LogP contribution in [0.3, 0.4) is 0 Å². The number of carbonyl (C=O) groups is 4.